The number of aliphatic imine (C=N–C) groups is 1. The van der Waals surface area contributed by atoms with Crippen molar-refractivity contribution in [1.82, 2.24) is 5.27 Å². The Morgan fingerprint density at radius 1 is 1.41 bits per heavy atom. The minimum Gasteiger partial charge on any atom is -0.861 e. The van der Waals surface area contributed by atoms with E-state index in [-0.39, 0.29) is 23.2 Å². The first-order valence-corrected chi connectivity index (χ1v) is 8.06. The Balaban J connectivity index is 1.73. The molecule has 1 saturated heterocycles. The molecule has 3 rings (SSSR count). The van der Waals surface area contributed by atoms with E-state index in [4.69, 9.17) is 9.26 Å². The largest absolute Gasteiger partial charge is 0.861 e. The molecule has 0 N–H and O–H groups in total. The number of aromatic nitrogens is 2. The van der Waals surface area contributed by atoms with Crippen molar-refractivity contribution in [1.29, 1.82) is 0 Å². The van der Waals surface area contributed by atoms with Crippen molar-refractivity contribution in [2.45, 2.75) is 51.5 Å². The maximum absolute atomic E-state index is 12.2. The smallest absolute Gasteiger partial charge is 0.324 e. The molecule has 7 heteroatoms. The molecule has 7 nitrogen and oxygen atoms in total. The summed E-state index contributed by atoms with van der Waals surface area (Å²) in [6.45, 7) is 6.16. The number of hydrogen-bond acceptors (Lipinski definition) is 6. The van der Waals surface area contributed by atoms with Crippen LogP contribution in [0.25, 0.3) is 0 Å². The van der Waals surface area contributed by atoms with Gasteiger partial charge < -0.3 is 9.84 Å². The molecule has 122 valence electrons. The highest BCUT2D eigenvalue weighted by molar-refractivity contribution is 5.76. The summed E-state index contributed by atoms with van der Waals surface area (Å²) in [5.41, 5.74) is -0.176. The molecular formula is C15H24N4O3. The molecule has 0 aromatic carbocycles. The first-order chi connectivity index (χ1) is 10.6. The van der Waals surface area contributed by atoms with E-state index >= 15 is 0 Å². The monoisotopic (exact) mass is 308 g/mol. The Hall–Kier alpha value is -1.63. The minimum absolute atomic E-state index is 0.0483. The molecule has 0 amide bonds. The zero-order valence-corrected chi connectivity index (χ0v) is 13.3. The summed E-state index contributed by atoms with van der Waals surface area (Å²) in [6, 6.07) is 0. The van der Waals surface area contributed by atoms with Crippen LogP contribution in [0.15, 0.2) is 15.7 Å². The third kappa shape index (κ3) is 3.24. The number of rotatable bonds is 3. The zero-order chi connectivity index (χ0) is 15.6. The van der Waals surface area contributed by atoms with Gasteiger partial charge in [0.05, 0.1) is 18.0 Å². The summed E-state index contributed by atoms with van der Waals surface area (Å²) in [7, 11) is 0. The van der Waals surface area contributed by atoms with E-state index in [0.29, 0.717) is 13.2 Å². The molecule has 2 heterocycles. The van der Waals surface area contributed by atoms with Gasteiger partial charge in [0, 0.05) is 0 Å². The van der Waals surface area contributed by atoms with Gasteiger partial charge in [-0.3, -0.25) is 4.52 Å². The van der Waals surface area contributed by atoms with Crippen molar-refractivity contribution in [2.24, 2.45) is 10.9 Å². The van der Waals surface area contributed by atoms with Crippen LogP contribution < -0.4 is 14.9 Å². The highest BCUT2D eigenvalue weighted by atomic mass is 16.5. The predicted molar refractivity (Wildman–Crippen MR) is 78.4 cm³/mol. The third-order valence-electron chi connectivity index (χ3n) is 4.47. The molecule has 0 spiro atoms. The van der Waals surface area contributed by atoms with Gasteiger partial charge in [0.1, 0.15) is 12.1 Å². The van der Waals surface area contributed by atoms with Gasteiger partial charge in [0.15, 0.2) is 0 Å². The molecule has 2 fully saturated rings. The van der Waals surface area contributed by atoms with Crippen molar-refractivity contribution in [3.8, 4) is 0 Å². The maximum Gasteiger partial charge on any atom is 0.324 e. The summed E-state index contributed by atoms with van der Waals surface area (Å²) < 4.78 is 10.7. The first kappa shape index (κ1) is 15.3. The topological polar surface area (TPSA) is 77.8 Å². The van der Waals surface area contributed by atoms with Gasteiger partial charge in [0.2, 0.25) is 5.27 Å². The summed E-state index contributed by atoms with van der Waals surface area (Å²) in [5.74, 6) is 0.245. The fourth-order valence-electron chi connectivity index (χ4n) is 3.17. The number of ether oxygens (including phenoxy) is 1. The van der Waals surface area contributed by atoms with Crippen molar-refractivity contribution >= 4 is 11.8 Å². The van der Waals surface area contributed by atoms with Gasteiger partial charge in [-0.15, -0.1) is 5.01 Å². The van der Waals surface area contributed by atoms with Crippen LogP contribution in [0.5, 0.6) is 0 Å². The standard InChI is InChI=1S/C15H24N4O3/c1-15(2)11-21-9-8-18(15)19-10-13(22-17-19)16-14(20)12-6-4-3-5-7-12/h10,12H,3-9,11H2,1-2H3. The lowest BCUT2D eigenvalue weighted by molar-refractivity contribution is -0.767. The Kier molecular flexibility index (Phi) is 4.33. The van der Waals surface area contributed by atoms with Crippen molar-refractivity contribution in [3.63, 3.8) is 0 Å². The van der Waals surface area contributed by atoms with Crippen LogP contribution in [0, 0.1) is 5.92 Å². The Bertz CT molecular complexity index is 535. The molecule has 1 aliphatic carbocycles. The van der Waals surface area contributed by atoms with Crippen molar-refractivity contribution < 1.29 is 19.2 Å². The van der Waals surface area contributed by atoms with Crippen LogP contribution in [-0.2, 0) is 4.74 Å². The van der Waals surface area contributed by atoms with E-state index in [9.17, 15) is 5.11 Å². The predicted octanol–water partition coefficient (Wildman–Crippen LogP) is 0.680. The molecule has 2 aliphatic rings. The lowest BCUT2D eigenvalue weighted by Crippen LogP contribution is -2.71. The van der Waals surface area contributed by atoms with Gasteiger partial charge in [-0.05, 0) is 38.5 Å². The molecule has 0 bridgehead atoms. The molecule has 0 radical (unpaired) electrons. The van der Waals surface area contributed by atoms with Crippen molar-refractivity contribution in [3.05, 3.63) is 6.20 Å². The number of hydrogen-bond donors (Lipinski definition) is 0. The van der Waals surface area contributed by atoms with Gasteiger partial charge >= 0.3 is 5.88 Å². The summed E-state index contributed by atoms with van der Waals surface area (Å²) in [6.07, 6.45) is 7.00. The molecule has 1 aliphatic heterocycles. The molecule has 22 heavy (non-hydrogen) atoms. The van der Waals surface area contributed by atoms with E-state index in [2.05, 4.69) is 29.1 Å². The average Bonchev–Trinajstić information content (AvgIpc) is 2.95. The fraction of sp³-hybridized carbons (Fsp3) is 0.800. The van der Waals surface area contributed by atoms with E-state index in [1.807, 2.05) is 0 Å². The molecule has 1 aromatic heterocycles. The lowest BCUT2D eigenvalue weighted by atomic mass is 9.89. The minimum atomic E-state index is -0.176. The Morgan fingerprint density at radius 3 is 2.91 bits per heavy atom. The fourth-order valence-corrected chi connectivity index (χ4v) is 3.17. The van der Waals surface area contributed by atoms with Crippen LogP contribution in [0.4, 0.5) is 5.88 Å². The number of nitrogens with zero attached hydrogens (tertiary/aromatic N) is 4. The normalized spacial score (nSPS) is 23.7. The molecule has 0 atom stereocenters. The molecule has 1 aromatic rings. The van der Waals surface area contributed by atoms with Gasteiger partial charge in [-0.25, -0.2) is 4.99 Å². The lowest BCUT2D eigenvalue weighted by Gasteiger charge is -2.35. The van der Waals surface area contributed by atoms with E-state index in [1.165, 1.54) is 6.42 Å². The third-order valence-corrected chi connectivity index (χ3v) is 4.47. The Labute approximate surface area is 130 Å². The van der Waals surface area contributed by atoms with Gasteiger partial charge in [-0.1, -0.05) is 19.3 Å². The van der Waals surface area contributed by atoms with E-state index in [0.717, 1.165) is 32.2 Å². The molecule has 0 unspecified atom stereocenters. The van der Waals surface area contributed by atoms with E-state index < -0.39 is 0 Å². The summed E-state index contributed by atoms with van der Waals surface area (Å²) in [5, 5.41) is 18.2. The summed E-state index contributed by atoms with van der Waals surface area (Å²) >= 11 is 0. The van der Waals surface area contributed by atoms with Gasteiger partial charge in [-0.2, -0.15) is 0 Å². The Morgan fingerprint density at radius 2 is 2.18 bits per heavy atom. The highest BCUT2D eigenvalue weighted by Gasteiger charge is 2.38. The maximum atomic E-state index is 12.2. The van der Waals surface area contributed by atoms with Crippen LogP contribution in [0.3, 0.4) is 0 Å². The second kappa shape index (κ2) is 6.24. The average molecular weight is 308 g/mol. The SMILES string of the molecule is CC1(C)COCCN1[n+]1cc(N=C([O-])C2CCCCC2)on1. The van der Waals surface area contributed by atoms with Crippen LogP contribution in [0.1, 0.15) is 46.0 Å². The van der Waals surface area contributed by atoms with Crippen LogP contribution in [-0.4, -0.2) is 36.5 Å². The van der Waals surface area contributed by atoms with E-state index in [1.54, 1.807) is 11.0 Å². The summed E-state index contributed by atoms with van der Waals surface area (Å²) in [4.78, 5) is 5.73. The van der Waals surface area contributed by atoms with Crippen molar-refractivity contribution in [2.75, 3.05) is 24.8 Å². The first-order valence-electron chi connectivity index (χ1n) is 8.06. The van der Waals surface area contributed by atoms with Gasteiger partial charge in [0.25, 0.3) is 6.20 Å². The van der Waals surface area contributed by atoms with Crippen LogP contribution in [0.2, 0.25) is 0 Å². The van der Waals surface area contributed by atoms with Crippen LogP contribution >= 0.6 is 0 Å². The second-order valence-electron chi connectivity index (χ2n) is 6.73. The zero-order valence-electron chi connectivity index (χ0n) is 13.3. The molecular weight excluding hydrogens is 284 g/mol. The quantitative estimate of drug-likeness (QED) is 0.466. The number of morpholine rings is 1. The highest BCUT2D eigenvalue weighted by Crippen LogP contribution is 2.24. The molecule has 1 saturated carbocycles. The second-order valence-corrected chi connectivity index (χ2v) is 6.73.